The minimum Gasteiger partial charge on any atom is -0.448 e. The molecule has 39 heavy (non-hydrogen) atoms. The van der Waals surface area contributed by atoms with Gasteiger partial charge >= 0.3 is 6.09 Å². The zero-order chi connectivity index (χ0) is 26.8. The first-order chi connectivity index (χ1) is 19.0. The summed E-state index contributed by atoms with van der Waals surface area (Å²) in [5, 5.41) is 19.1. The number of anilines is 3. The predicted molar refractivity (Wildman–Crippen MR) is 144 cm³/mol. The van der Waals surface area contributed by atoms with Crippen molar-refractivity contribution in [3.8, 4) is 0 Å². The SMILES string of the molecule is Cc1c(NC(=O)OCC2COCCN2)cn2ncnc(Nc3ccc4c(cnn4Cc4cccc(F)c4)c3)c12. The molecule has 4 heterocycles. The molecule has 0 bridgehead atoms. The second kappa shape index (κ2) is 10.7. The molecule has 1 amide bonds. The van der Waals surface area contributed by atoms with E-state index in [4.69, 9.17) is 9.47 Å². The average Bonchev–Trinajstić information content (AvgIpc) is 3.48. The maximum atomic E-state index is 13.6. The van der Waals surface area contributed by atoms with Gasteiger partial charge < -0.3 is 20.1 Å². The van der Waals surface area contributed by atoms with Crippen LogP contribution in [-0.4, -0.2) is 62.9 Å². The Morgan fingerprint density at radius 3 is 3.03 bits per heavy atom. The molecule has 200 valence electrons. The van der Waals surface area contributed by atoms with Crippen molar-refractivity contribution in [2.24, 2.45) is 0 Å². The molecule has 3 aromatic heterocycles. The summed E-state index contributed by atoms with van der Waals surface area (Å²) in [7, 11) is 0. The highest BCUT2D eigenvalue weighted by Crippen LogP contribution is 2.29. The Kier molecular flexibility index (Phi) is 6.78. The number of morpholine rings is 1. The van der Waals surface area contributed by atoms with Gasteiger partial charge in [-0.25, -0.2) is 18.7 Å². The number of rotatable bonds is 7. The van der Waals surface area contributed by atoms with E-state index in [0.717, 1.165) is 39.8 Å². The van der Waals surface area contributed by atoms with Crippen molar-refractivity contribution >= 4 is 39.7 Å². The number of aromatic nitrogens is 5. The van der Waals surface area contributed by atoms with Gasteiger partial charge in [0, 0.05) is 23.2 Å². The summed E-state index contributed by atoms with van der Waals surface area (Å²) in [5.74, 6) is 0.313. The number of amides is 1. The minimum atomic E-state index is -0.551. The Balaban J connectivity index is 1.18. The van der Waals surface area contributed by atoms with E-state index >= 15 is 0 Å². The third-order valence-corrected chi connectivity index (χ3v) is 6.60. The largest absolute Gasteiger partial charge is 0.448 e. The van der Waals surface area contributed by atoms with Gasteiger partial charge in [0.25, 0.3) is 0 Å². The van der Waals surface area contributed by atoms with Crippen molar-refractivity contribution in [3.63, 3.8) is 0 Å². The highest BCUT2D eigenvalue weighted by molar-refractivity contribution is 5.91. The first kappa shape index (κ1) is 24.8. The molecule has 1 aliphatic heterocycles. The molecule has 0 radical (unpaired) electrons. The quantitative estimate of drug-likeness (QED) is 0.290. The van der Waals surface area contributed by atoms with Gasteiger partial charge in [-0.05, 0) is 42.8 Å². The summed E-state index contributed by atoms with van der Waals surface area (Å²) in [4.78, 5) is 16.9. The molecule has 2 aromatic carbocycles. The number of halogens is 1. The first-order valence-electron chi connectivity index (χ1n) is 12.6. The standard InChI is InChI=1S/C27H27FN8O3/c1-17-23(34-27(37)39-15-22-14-38-8-7-29-22)13-36-25(17)26(30-16-32-36)33-21-5-6-24-19(10-21)11-31-35(24)12-18-3-2-4-20(28)9-18/h2-6,9-11,13,16,22,29H,7-8,12,14-15H2,1H3,(H,34,37)(H,30,32,33). The number of carbonyl (C=O) groups excluding carboxylic acids is 1. The zero-order valence-electron chi connectivity index (χ0n) is 21.2. The van der Waals surface area contributed by atoms with Gasteiger partial charge in [0.2, 0.25) is 0 Å². The van der Waals surface area contributed by atoms with Crippen LogP contribution in [0.5, 0.6) is 0 Å². The number of aryl methyl sites for hydroxylation is 1. The number of hydrogen-bond donors (Lipinski definition) is 3. The summed E-state index contributed by atoms with van der Waals surface area (Å²) < 4.78 is 27.8. The molecule has 1 saturated heterocycles. The van der Waals surface area contributed by atoms with Crippen LogP contribution in [0, 0.1) is 12.7 Å². The van der Waals surface area contributed by atoms with E-state index in [0.29, 0.717) is 31.3 Å². The Morgan fingerprint density at radius 2 is 2.18 bits per heavy atom. The van der Waals surface area contributed by atoms with Crippen LogP contribution in [-0.2, 0) is 16.0 Å². The highest BCUT2D eigenvalue weighted by Gasteiger charge is 2.18. The van der Waals surface area contributed by atoms with Crippen molar-refractivity contribution in [1.82, 2.24) is 29.7 Å². The van der Waals surface area contributed by atoms with E-state index in [1.54, 1.807) is 23.0 Å². The van der Waals surface area contributed by atoms with Crippen molar-refractivity contribution in [2.45, 2.75) is 19.5 Å². The topological polar surface area (TPSA) is 120 Å². The fourth-order valence-corrected chi connectivity index (χ4v) is 4.66. The molecule has 11 nitrogen and oxygen atoms in total. The van der Waals surface area contributed by atoms with Gasteiger partial charge in [-0.15, -0.1) is 0 Å². The van der Waals surface area contributed by atoms with Crippen LogP contribution >= 0.6 is 0 Å². The van der Waals surface area contributed by atoms with Crippen LogP contribution in [0.15, 0.2) is 61.2 Å². The number of carbonyl (C=O) groups is 1. The molecule has 3 N–H and O–H groups in total. The van der Waals surface area contributed by atoms with Crippen LogP contribution < -0.4 is 16.0 Å². The number of nitrogens with one attached hydrogen (secondary N) is 3. The van der Waals surface area contributed by atoms with Crippen LogP contribution in [0.1, 0.15) is 11.1 Å². The van der Waals surface area contributed by atoms with Gasteiger partial charge in [0.1, 0.15) is 24.3 Å². The van der Waals surface area contributed by atoms with Crippen molar-refractivity contribution in [1.29, 1.82) is 0 Å². The molecule has 1 atom stereocenters. The van der Waals surface area contributed by atoms with Gasteiger partial charge in [0.05, 0.1) is 49.4 Å². The highest BCUT2D eigenvalue weighted by atomic mass is 19.1. The lowest BCUT2D eigenvalue weighted by Crippen LogP contribution is -2.44. The van der Waals surface area contributed by atoms with E-state index in [1.807, 2.05) is 35.9 Å². The lowest BCUT2D eigenvalue weighted by Gasteiger charge is -2.23. The van der Waals surface area contributed by atoms with Gasteiger partial charge in [-0.2, -0.15) is 10.2 Å². The Morgan fingerprint density at radius 1 is 1.26 bits per heavy atom. The van der Waals surface area contributed by atoms with Crippen LogP contribution in [0.25, 0.3) is 16.4 Å². The lowest BCUT2D eigenvalue weighted by molar-refractivity contribution is 0.0494. The fourth-order valence-electron chi connectivity index (χ4n) is 4.66. The van der Waals surface area contributed by atoms with Crippen molar-refractivity contribution < 1.29 is 18.7 Å². The van der Waals surface area contributed by atoms with Gasteiger partial charge in [-0.1, -0.05) is 12.1 Å². The Bertz CT molecular complexity index is 1640. The number of nitrogens with zero attached hydrogens (tertiary/aromatic N) is 5. The predicted octanol–water partition coefficient (Wildman–Crippen LogP) is 3.86. The average molecular weight is 531 g/mol. The summed E-state index contributed by atoms with van der Waals surface area (Å²) in [6, 6.07) is 12.3. The van der Waals surface area contributed by atoms with E-state index in [2.05, 4.69) is 31.1 Å². The monoisotopic (exact) mass is 530 g/mol. The maximum absolute atomic E-state index is 13.6. The minimum absolute atomic E-state index is 0.0221. The van der Waals surface area contributed by atoms with Gasteiger partial charge in [0.15, 0.2) is 5.82 Å². The van der Waals surface area contributed by atoms with E-state index in [-0.39, 0.29) is 18.5 Å². The van der Waals surface area contributed by atoms with Crippen LogP contribution in [0.3, 0.4) is 0 Å². The zero-order valence-corrected chi connectivity index (χ0v) is 21.2. The fraction of sp³-hybridized carbons (Fsp3) is 0.259. The molecule has 6 rings (SSSR count). The van der Waals surface area contributed by atoms with E-state index in [1.165, 1.54) is 18.5 Å². The van der Waals surface area contributed by atoms with Crippen LogP contribution in [0.4, 0.5) is 26.4 Å². The third kappa shape index (κ3) is 5.38. The summed E-state index contributed by atoms with van der Waals surface area (Å²) in [6.07, 6.45) is 4.40. The van der Waals surface area contributed by atoms with Crippen molar-refractivity contribution in [3.05, 3.63) is 78.1 Å². The Hall–Kier alpha value is -4.55. The van der Waals surface area contributed by atoms with Crippen LogP contribution in [0.2, 0.25) is 0 Å². The molecule has 12 heteroatoms. The van der Waals surface area contributed by atoms with E-state index in [9.17, 15) is 9.18 Å². The molecule has 1 aliphatic rings. The number of benzene rings is 2. The molecule has 5 aromatic rings. The van der Waals surface area contributed by atoms with Crippen molar-refractivity contribution in [2.75, 3.05) is 37.0 Å². The summed E-state index contributed by atoms with van der Waals surface area (Å²) >= 11 is 0. The second-order valence-corrected chi connectivity index (χ2v) is 9.35. The first-order valence-corrected chi connectivity index (χ1v) is 12.6. The lowest BCUT2D eigenvalue weighted by atomic mass is 10.2. The Labute approximate surface area is 222 Å². The molecule has 1 unspecified atom stereocenters. The normalized spacial score (nSPS) is 15.5. The molecule has 0 aliphatic carbocycles. The van der Waals surface area contributed by atoms with Gasteiger partial charge in [-0.3, -0.25) is 10.00 Å². The summed E-state index contributed by atoms with van der Waals surface area (Å²) in [6.45, 7) is 4.46. The molecule has 0 spiro atoms. The molecule has 0 saturated carbocycles. The second-order valence-electron chi connectivity index (χ2n) is 9.35. The molecule has 1 fully saturated rings. The molecular weight excluding hydrogens is 503 g/mol. The molecular formula is C27H27FN8O3. The number of hydrogen-bond acceptors (Lipinski definition) is 8. The number of fused-ring (bicyclic) bond motifs is 2. The maximum Gasteiger partial charge on any atom is 0.411 e. The number of ether oxygens (including phenoxy) is 2. The third-order valence-electron chi connectivity index (χ3n) is 6.60. The smallest absolute Gasteiger partial charge is 0.411 e. The van der Waals surface area contributed by atoms with E-state index < -0.39 is 6.09 Å². The summed E-state index contributed by atoms with van der Waals surface area (Å²) in [5.41, 5.74) is 4.66.